The number of hydrogen-bond acceptors (Lipinski definition) is 7. The van der Waals surface area contributed by atoms with Gasteiger partial charge in [0.05, 0.1) is 17.3 Å². The molecule has 184 valence electrons. The van der Waals surface area contributed by atoms with Crippen LogP contribution >= 0.6 is 11.6 Å². The van der Waals surface area contributed by atoms with Gasteiger partial charge in [0.25, 0.3) is 5.91 Å². The zero-order valence-electron chi connectivity index (χ0n) is 19.3. The van der Waals surface area contributed by atoms with Crippen molar-refractivity contribution in [2.75, 3.05) is 26.3 Å². The summed E-state index contributed by atoms with van der Waals surface area (Å²) in [7, 11) is 0. The van der Waals surface area contributed by atoms with Crippen molar-refractivity contribution in [2.24, 2.45) is 5.92 Å². The molecule has 0 bridgehead atoms. The first kappa shape index (κ1) is 25.6. The van der Waals surface area contributed by atoms with Gasteiger partial charge in [0.2, 0.25) is 0 Å². The lowest BCUT2D eigenvalue weighted by Gasteiger charge is -2.30. The summed E-state index contributed by atoms with van der Waals surface area (Å²) in [4.78, 5) is 32.4. The van der Waals surface area contributed by atoms with Crippen molar-refractivity contribution >= 4 is 29.6 Å². The van der Waals surface area contributed by atoms with Gasteiger partial charge in [-0.05, 0) is 50.2 Å². The first-order chi connectivity index (χ1) is 16.4. The van der Waals surface area contributed by atoms with Gasteiger partial charge in [-0.3, -0.25) is 15.1 Å². The SMILES string of the molecule is CC1CCN(C(=O)CON/C2=C\c3c(Cl)c(O)cc(O)c3C(=O)OCCC=CCCC=C2)CC1. The van der Waals surface area contributed by atoms with E-state index in [9.17, 15) is 19.8 Å². The fourth-order valence-electron chi connectivity index (χ4n) is 3.73. The number of carbonyl (C=O) groups is 2. The summed E-state index contributed by atoms with van der Waals surface area (Å²) in [6.07, 6.45) is 13.0. The third kappa shape index (κ3) is 7.01. The summed E-state index contributed by atoms with van der Waals surface area (Å²) in [5.41, 5.74) is 3.02. The van der Waals surface area contributed by atoms with Gasteiger partial charge in [0.15, 0.2) is 6.61 Å². The molecule has 0 aromatic heterocycles. The zero-order chi connectivity index (χ0) is 24.5. The van der Waals surface area contributed by atoms with Gasteiger partial charge < -0.3 is 19.8 Å². The molecule has 1 aromatic rings. The van der Waals surface area contributed by atoms with Gasteiger partial charge in [-0.15, -0.1) is 0 Å². The Hall–Kier alpha value is -2.97. The third-order valence-electron chi connectivity index (χ3n) is 5.77. The molecule has 1 amide bonds. The number of hydrogen-bond donors (Lipinski definition) is 3. The van der Waals surface area contributed by atoms with Crippen molar-refractivity contribution in [3.63, 3.8) is 0 Å². The number of piperidine rings is 1. The number of amides is 1. The molecule has 3 rings (SSSR count). The largest absolute Gasteiger partial charge is 0.507 e. The molecule has 2 aliphatic rings. The van der Waals surface area contributed by atoms with Crippen LogP contribution in [0.25, 0.3) is 6.08 Å². The smallest absolute Gasteiger partial charge is 0.342 e. The summed E-state index contributed by atoms with van der Waals surface area (Å²) in [6.45, 7) is 3.57. The number of phenolic OH excluding ortho intramolecular Hbond substituents is 2. The van der Waals surface area contributed by atoms with Gasteiger partial charge in [0.1, 0.15) is 17.1 Å². The Bertz CT molecular complexity index is 980. The van der Waals surface area contributed by atoms with E-state index in [2.05, 4.69) is 12.4 Å². The van der Waals surface area contributed by atoms with Crippen LogP contribution in [0.1, 0.15) is 54.9 Å². The zero-order valence-corrected chi connectivity index (χ0v) is 20.0. The molecule has 0 atom stereocenters. The number of nitrogens with one attached hydrogen (secondary N) is 1. The summed E-state index contributed by atoms with van der Waals surface area (Å²) >= 11 is 6.28. The Kier molecular flexibility index (Phi) is 9.42. The third-order valence-corrected chi connectivity index (χ3v) is 6.17. The van der Waals surface area contributed by atoms with E-state index in [4.69, 9.17) is 21.2 Å². The number of nitrogens with zero attached hydrogens (tertiary/aromatic N) is 1. The van der Waals surface area contributed by atoms with Crippen molar-refractivity contribution in [1.82, 2.24) is 10.4 Å². The number of aromatic hydroxyl groups is 2. The second-order valence-electron chi connectivity index (χ2n) is 8.45. The Balaban J connectivity index is 1.83. The van der Waals surface area contributed by atoms with Crippen molar-refractivity contribution in [2.45, 2.75) is 39.0 Å². The van der Waals surface area contributed by atoms with Crippen LogP contribution in [0.2, 0.25) is 5.02 Å². The summed E-state index contributed by atoms with van der Waals surface area (Å²) in [6, 6.07) is 0.997. The number of likely N-dealkylation sites (tertiary alicyclic amines) is 1. The Morgan fingerprint density at radius 3 is 2.65 bits per heavy atom. The van der Waals surface area contributed by atoms with Gasteiger partial charge in [-0.25, -0.2) is 4.79 Å². The lowest BCUT2D eigenvalue weighted by Crippen LogP contribution is -2.40. The fourth-order valence-corrected chi connectivity index (χ4v) is 3.93. The number of cyclic esters (lactones) is 1. The van der Waals surface area contributed by atoms with Crippen LogP contribution in [-0.4, -0.2) is 53.3 Å². The number of hydroxylamine groups is 1. The molecule has 0 spiro atoms. The number of ether oxygens (including phenoxy) is 1. The molecule has 34 heavy (non-hydrogen) atoms. The van der Waals surface area contributed by atoms with Crippen molar-refractivity contribution < 1.29 is 29.4 Å². The molecule has 0 saturated carbocycles. The molecule has 0 aliphatic carbocycles. The second-order valence-corrected chi connectivity index (χ2v) is 8.82. The van der Waals surface area contributed by atoms with E-state index >= 15 is 0 Å². The van der Waals surface area contributed by atoms with Crippen LogP contribution in [-0.2, 0) is 14.4 Å². The van der Waals surface area contributed by atoms with Gasteiger partial charge in [-0.1, -0.05) is 36.8 Å². The Labute approximate surface area is 204 Å². The average molecular weight is 491 g/mol. The van der Waals surface area contributed by atoms with E-state index in [-0.39, 0.29) is 41.0 Å². The highest BCUT2D eigenvalue weighted by molar-refractivity contribution is 6.34. The number of rotatable bonds is 4. The molecule has 2 aliphatic heterocycles. The van der Waals surface area contributed by atoms with Crippen LogP contribution < -0.4 is 5.48 Å². The molecular formula is C25H31ClN2O6. The minimum atomic E-state index is -0.769. The maximum atomic E-state index is 12.7. The highest BCUT2D eigenvalue weighted by atomic mass is 35.5. The van der Waals surface area contributed by atoms with Gasteiger partial charge in [0, 0.05) is 24.7 Å². The van der Waals surface area contributed by atoms with E-state index in [1.165, 1.54) is 6.08 Å². The summed E-state index contributed by atoms with van der Waals surface area (Å²) in [5.74, 6) is -1.12. The van der Waals surface area contributed by atoms with E-state index in [1.807, 2.05) is 18.2 Å². The van der Waals surface area contributed by atoms with E-state index in [1.54, 1.807) is 11.0 Å². The van der Waals surface area contributed by atoms with Gasteiger partial charge >= 0.3 is 5.97 Å². The van der Waals surface area contributed by atoms with Crippen molar-refractivity contribution in [3.05, 3.63) is 52.2 Å². The minimum absolute atomic E-state index is 0.0730. The first-order valence-electron chi connectivity index (χ1n) is 11.5. The highest BCUT2D eigenvalue weighted by Crippen LogP contribution is 2.38. The molecule has 2 heterocycles. The summed E-state index contributed by atoms with van der Waals surface area (Å²) < 4.78 is 5.27. The molecule has 1 fully saturated rings. The van der Waals surface area contributed by atoms with Crippen molar-refractivity contribution in [3.8, 4) is 11.5 Å². The average Bonchev–Trinajstić information content (AvgIpc) is 2.80. The predicted molar refractivity (Wildman–Crippen MR) is 129 cm³/mol. The van der Waals surface area contributed by atoms with Crippen molar-refractivity contribution in [1.29, 1.82) is 0 Å². The molecular weight excluding hydrogens is 460 g/mol. The Morgan fingerprint density at radius 2 is 1.88 bits per heavy atom. The van der Waals surface area contributed by atoms with Crippen LogP contribution in [0, 0.1) is 5.92 Å². The number of allylic oxidation sites excluding steroid dienone is 3. The quantitative estimate of drug-likeness (QED) is 0.327. The minimum Gasteiger partial charge on any atom is -0.507 e. The number of fused-ring (bicyclic) bond motifs is 1. The molecule has 8 nitrogen and oxygen atoms in total. The monoisotopic (exact) mass is 490 g/mol. The number of carbonyl (C=O) groups excluding carboxylic acids is 2. The number of benzene rings is 1. The Morgan fingerprint density at radius 1 is 1.18 bits per heavy atom. The van der Waals surface area contributed by atoms with Crippen LogP contribution in [0.5, 0.6) is 11.5 Å². The highest BCUT2D eigenvalue weighted by Gasteiger charge is 2.23. The number of halogens is 1. The van der Waals surface area contributed by atoms with E-state index in [0.29, 0.717) is 31.1 Å². The lowest BCUT2D eigenvalue weighted by atomic mass is 9.99. The van der Waals surface area contributed by atoms with Crippen LogP contribution in [0.3, 0.4) is 0 Å². The van der Waals surface area contributed by atoms with Crippen LogP contribution in [0.4, 0.5) is 0 Å². The summed E-state index contributed by atoms with van der Waals surface area (Å²) in [5, 5.41) is 20.3. The topological polar surface area (TPSA) is 108 Å². The number of esters is 1. The maximum absolute atomic E-state index is 12.7. The van der Waals surface area contributed by atoms with E-state index < -0.39 is 11.7 Å². The predicted octanol–water partition coefficient (Wildman–Crippen LogP) is 4.32. The molecule has 1 saturated heterocycles. The second kappa shape index (κ2) is 12.5. The fraction of sp³-hybridized carbons (Fsp3) is 0.440. The maximum Gasteiger partial charge on any atom is 0.342 e. The molecule has 9 heteroatoms. The molecule has 1 aromatic carbocycles. The normalized spacial score (nSPS) is 19.5. The molecule has 0 radical (unpaired) electrons. The first-order valence-corrected chi connectivity index (χ1v) is 11.8. The molecule has 0 unspecified atom stereocenters. The number of phenols is 2. The molecule has 3 N–H and O–H groups in total. The standard InChI is InChI=1S/C25H31ClN2O6/c1-17-9-11-28(12-10-17)22(31)16-34-27-18-8-6-4-2-3-5-7-13-33-25(32)23-19(14-18)24(26)21(30)15-20(23)29/h3,5-6,8,14-15,17,27,29-30H,2,4,7,9-13,16H2,1H3/b5-3?,8-6?,18-14-. The van der Waals surface area contributed by atoms with E-state index in [0.717, 1.165) is 31.7 Å². The lowest BCUT2D eigenvalue weighted by molar-refractivity contribution is -0.139. The van der Waals surface area contributed by atoms with Gasteiger partial charge in [-0.2, -0.15) is 0 Å². The van der Waals surface area contributed by atoms with Crippen LogP contribution in [0.15, 0.2) is 36.1 Å².